The maximum Gasteiger partial charge on any atom is 0.191 e. The Morgan fingerprint density at radius 3 is 2.35 bits per heavy atom. The van der Waals surface area contributed by atoms with Crippen LogP contribution in [0.25, 0.3) is 0 Å². The van der Waals surface area contributed by atoms with Crippen molar-refractivity contribution in [3.63, 3.8) is 0 Å². The van der Waals surface area contributed by atoms with Crippen LogP contribution in [0.4, 0.5) is 0 Å². The molecule has 5 nitrogen and oxygen atoms in total. The molecule has 1 atom stereocenters. The number of rotatable bonds is 8. The van der Waals surface area contributed by atoms with Gasteiger partial charge in [-0.2, -0.15) is 0 Å². The first kappa shape index (κ1) is 23.0. The summed E-state index contributed by atoms with van der Waals surface area (Å²) < 4.78 is 5.30. The second-order valence-electron chi connectivity index (χ2n) is 7.03. The summed E-state index contributed by atoms with van der Waals surface area (Å²) in [6.07, 6.45) is 2.57. The number of guanidine groups is 1. The third-order valence-electron chi connectivity index (χ3n) is 4.50. The molecule has 0 spiro atoms. The van der Waals surface area contributed by atoms with Gasteiger partial charge in [-0.25, -0.2) is 0 Å². The molecule has 0 amide bonds. The predicted molar refractivity (Wildman–Crippen MR) is 121 cm³/mol. The first-order valence-corrected chi connectivity index (χ1v) is 9.54. The average molecular weight is 474 g/mol. The number of methoxy groups -OCH3 is 1. The largest absolute Gasteiger partial charge is 0.497 e. The standard InChI is InChI=1S/C20H34N4O.HI/c1-5-21-20(22-14-16(2)3)23-15-19(24-12-6-7-13-24)17-8-10-18(25-4)11-9-17;/h8-11,16,19H,5-7,12-15H2,1-4H3,(H2,21,22,23);1H. The van der Waals surface area contributed by atoms with Gasteiger partial charge in [-0.15, -0.1) is 24.0 Å². The first-order valence-electron chi connectivity index (χ1n) is 9.54. The molecule has 2 rings (SSSR count). The van der Waals surface area contributed by atoms with E-state index in [9.17, 15) is 0 Å². The fourth-order valence-corrected chi connectivity index (χ4v) is 3.15. The summed E-state index contributed by atoms with van der Waals surface area (Å²) in [6, 6.07) is 8.83. The molecule has 148 valence electrons. The molecule has 26 heavy (non-hydrogen) atoms. The van der Waals surface area contributed by atoms with Crippen LogP contribution in [0, 0.1) is 5.92 Å². The van der Waals surface area contributed by atoms with Gasteiger partial charge in [0.05, 0.1) is 13.2 Å². The molecule has 0 aliphatic carbocycles. The van der Waals surface area contributed by atoms with Crippen molar-refractivity contribution >= 4 is 29.9 Å². The van der Waals surface area contributed by atoms with Crippen molar-refractivity contribution in [1.29, 1.82) is 0 Å². The quantitative estimate of drug-likeness (QED) is 0.343. The summed E-state index contributed by atoms with van der Waals surface area (Å²) in [7, 11) is 1.71. The van der Waals surface area contributed by atoms with Crippen LogP contribution >= 0.6 is 24.0 Å². The van der Waals surface area contributed by atoms with Gasteiger partial charge in [-0.1, -0.05) is 26.0 Å². The zero-order chi connectivity index (χ0) is 18.1. The third-order valence-corrected chi connectivity index (χ3v) is 4.50. The molecule has 0 saturated carbocycles. The minimum Gasteiger partial charge on any atom is -0.497 e. The van der Waals surface area contributed by atoms with Crippen molar-refractivity contribution < 1.29 is 4.74 Å². The van der Waals surface area contributed by atoms with E-state index in [0.717, 1.165) is 44.4 Å². The summed E-state index contributed by atoms with van der Waals surface area (Å²) >= 11 is 0. The Morgan fingerprint density at radius 1 is 1.15 bits per heavy atom. The zero-order valence-electron chi connectivity index (χ0n) is 16.6. The molecule has 6 heteroatoms. The lowest BCUT2D eigenvalue weighted by Gasteiger charge is -2.29. The van der Waals surface area contributed by atoms with E-state index < -0.39 is 0 Å². The number of ether oxygens (including phenoxy) is 1. The molecule has 1 unspecified atom stereocenters. The summed E-state index contributed by atoms with van der Waals surface area (Å²) in [6.45, 7) is 11.4. The lowest BCUT2D eigenvalue weighted by atomic mass is 10.1. The van der Waals surface area contributed by atoms with Crippen molar-refractivity contribution in [2.45, 2.75) is 39.7 Å². The first-order chi connectivity index (χ1) is 12.1. The molecule has 1 aromatic carbocycles. The number of hydrogen-bond donors (Lipinski definition) is 2. The van der Waals surface area contributed by atoms with Crippen LogP contribution in [0.1, 0.15) is 45.2 Å². The molecular weight excluding hydrogens is 439 g/mol. The highest BCUT2D eigenvalue weighted by atomic mass is 127. The molecular formula is C20H35IN4O. The van der Waals surface area contributed by atoms with Gasteiger partial charge in [0.25, 0.3) is 0 Å². The summed E-state index contributed by atoms with van der Waals surface area (Å²) in [5.41, 5.74) is 1.33. The van der Waals surface area contributed by atoms with Gasteiger partial charge < -0.3 is 15.4 Å². The van der Waals surface area contributed by atoms with Crippen molar-refractivity contribution in [3.8, 4) is 5.75 Å². The maximum atomic E-state index is 5.30. The Morgan fingerprint density at radius 2 is 1.81 bits per heavy atom. The highest BCUT2D eigenvalue weighted by Gasteiger charge is 2.23. The Bertz CT molecular complexity index is 527. The fraction of sp³-hybridized carbons (Fsp3) is 0.650. The number of nitrogens with one attached hydrogen (secondary N) is 2. The molecule has 0 radical (unpaired) electrons. The Balaban J connectivity index is 0.00000338. The van der Waals surface area contributed by atoms with Gasteiger partial charge in [-0.05, 0) is 56.5 Å². The van der Waals surface area contributed by atoms with Crippen molar-refractivity contribution in [2.24, 2.45) is 10.9 Å². The maximum absolute atomic E-state index is 5.30. The minimum atomic E-state index is 0. The van der Waals surface area contributed by atoms with Gasteiger partial charge in [0.15, 0.2) is 5.96 Å². The highest BCUT2D eigenvalue weighted by Crippen LogP contribution is 2.26. The number of aliphatic imine (C=N–C) groups is 1. The summed E-state index contributed by atoms with van der Waals surface area (Å²) in [4.78, 5) is 7.26. The number of halogens is 1. The summed E-state index contributed by atoms with van der Waals surface area (Å²) in [5, 5.41) is 6.90. The van der Waals surface area contributed by atoms with Crippen LogP contribution in [-0.2, 0) is 0 Å². The van der Waals surface area contributed by atoms with Crippen LogP contribution in [0.3, 0.4) is 0 Å². The number of benzene rings is 1. The number of hydrogen-bond acceptors (Lipinski definition) is 3. The van der Waals surface area contributed by atoms with E-state index in [1.165, 1.54) is 18.4 Å². The normalized spacial score (nSPS) is 16.3. The molecule has 2 N–H and O–H groups in total. The van der Waals surface area contributed by atoms with Gasteiger partial charge in [0.2, 0.25) is 0 Å². The molecule has 1 aliphatic heterocycles. The van der Waals surface area contributed by atoms with Crippen molar-refractivity contribution in [3.05, 3.63) is 29.8 Å². The highest BCUT2D eigenvalue weighted by molar-refractivity contribution is 14.0. The van der Waals surface area contributed by atoms with E-state index in [1.54, 1.807) is 7.11 Å². The molecule has 0 aromatic heterocycles. The fourth-order valence-electron chi connectivity index (χ4n) is 3.15. The minimum absolute atomic E-state index is 0. The second-order valence-corrected chi connectivity index (χ2v) is 7.03. The van der Waals surface area contributed by atoms with Crippen LogP contribution in [-0.4, -0.2) is 50.7 Å². The topological polar surface area (TPSA) is 48.9 Å². The lowest BCUT2D eigenvalue weighted by molar-refractivity contribution is 0.245. The third kappa shape index (κ3) is 7.31. The molecule has 1 aromatic rings. The molecule has 0 bridgehead atoms. The van der Waals surface area contributed by atoms with E-state index >= 15 is 0 Å². The Labute approximate surface area is 176 Å². The SMILES string of the molecule is CCNC(=NCC(C)C)NCC(c1ccc(OC)cc1)N1CCCC1.I. The Kier molecular flexibility index (Phi) is 11.0. The van der Waals surface area contributed by atoms with Crippen LogP contribution < -0.4 is 15.4 Å². The van der Waals surface area contributed by atoms with E-state index in [1.807, 2.05) is 0 Å². The van der Waals surface area contributed by atoms with Crippen LogP contribution in [0.2, 0.25) is 0 Å². The van der Waals surface area contributed by atoms with Gasteiger partial charge >= 0.3 is 0 Å². The smallest absolute Gasteiger partial charge is 0.191 e. The molecule has 1 saturated heterocycles. The zero-order valence-corrected chi connectivity index (χ0v) is 19.0. The van der Waals surface area contributed by atoms with E-state index in [2.05, 4.69) is 65.6 Å². The van der Waals surface area contributed by atoms with Gasteiger partial charge in [0, 0.05) is 19.6 Å². The van der Waals surface area contributed by atoms with Crippen molar-refractivity contribution in [1.82, 2.24) is 15.5 Å². The average Bonchev–Trinajstić information content (AvgIpc) is 3.14. The van der Waals surface area contributed by atoms with Crippen molar-refractivity contribution in [2.75, 3.05) is 39.8 Å². The van der Waals surface area contributed by atoms with E-state index in [4.69, 9.17) is 4.74 Å². The van der Waals surface area contributed by atoms with Gasteiger partial charge in [0.1, 0.15) is 5.75 Å². The van der Waals surface area contributed by atoms with E-state index in [0.29, 0.717) is 12.0 Å². The monoisotopic (exact) mass is 474 g/mol. The second kappa shape index (κ2) is 12.4. The summed E-state index contributed by atoms with van der Waals surface area (Å²) in [5.74, 6) is 2.38. The van der Waals surface area contributed by atoms with Crippen LogP contribution in [0.5, 0.6) is 5.75 Å². The Hall–Kier alpha value is -1.02. The number of nitrogens with zero attached hydrogens (tertiary/aromatic N) is 2. The van der Waals surface area contributed by atoms with E-state index in [-0.39, 0.29) is 24.0 Å². The molecule has 1 heterocycles. The van der Waals surface area contributed by atoms with Gasteiger partial charge in [-0.3, -0.25) is 9.89 Å². The molecule has 1 aliphatic rings. The van der Waals surface area contributed by atoms with Crippen LogP contribution in [0.15, 0.2) is 29.3 Å². The molecule has 1 fully saturated rings. The lowest BCUT2D eigenvalue weighted by Crippen LogP contribution is -2.42. The predicted octanol–water partition coefficient (Wildman–Crippen LogP) is 3.66. The number of likely N-dealkylation sites (tertiary alicyclic amines) is 1.